The number of rotatable bonds is 3. The number of nitro benzene ring substituents is 1. The van der Waals surface area contributed by atoms with Crippen molar-refractivity contribution in [3.05, 3.63) is 40.5 Å². The molecule has 1 heterocycles. The lowest BCUT2D eigenvalue weighted by Crippen LogP contribution is -2.35. The smallest absolute Gasteiger partial charge is 0.273 e. The van der Waals surface area contributed by atoms with Crippen molar-refractivity contribution in [1.82, 2.24) is 0 Å². The monoisotopic (exact) mass is 340 g/mol. The summed E-state index contributed by atoms with van der Waals surface area (Å²) < 4.78 is 5.22. The average molecular weight is 340 g/mol. The van der Waals surface area contributed by atoms with Crippen molar-refractivity contribution in [2.24, 2.45) is 29.1 Å². The minimum Gasteiger partial charge on any atom is -0.494 e. The van der Waals surface area contributed by atoms with Gasteiger partial charge in [0, 0.05) is 6.07 Å². The number of non-ortho nitro benzene ring substituents is 1. The molecule has 0 N–H and O–H groups in total. The first-order valence-electron chi connectivity index (χ1n) is 8.38. The van der Waals surface area contributed by atoms with Gasteiger partial charge < -0.3 is 4.74 Å². The van der Waals surface area contributed by atoms with Crippen molar-refractivity contribution >= 4 is 23.2 Å². The number of nitrogens with zero attached hydrogens (tertiary/aromatic N) is 2. The number of carbonyl (C=O) groups excluding carboxylic acids is 2. The van der Waals surface area contributed by atoms with Crippen molar-refractivity contribution in [3.63, 3.8) is 0 Å². The van der Waals surface area contributed by atoms with E-state index in [1.807, 2.05) is 0 Å². The SMILES string of the molecule is COc1cc([N+](=O)[O-])ccc1N1C(=O)[C@@H]2[C@@H](C1=O)[C@@H]1C=C[C@H]2C12CC2. The number of anilines is 1. The number of hydrogen-bond donors (Lipinski definition) is 0. The molecule has 3 aliphatic carbocycles. The number of amides is 2. The van der Waals surface area contributed by atoms with Crippen LogP contribution in [0, 0.1) is 39.2 Å². The molecule has 4 aliphatic rings. The van der Waals surface area contributed by atoms with Gasteiger partial charge in [-0.25, -0.2) is 4.90 Å². The fraction of sp³-hybridized carbons (Fsp3) is 0.444. The topological polar surface area (TPSA) is 89.8 Å². The fourth-order valence-electron chi connectivity index (χ4n) is 5.28. The maximum absolute atomic E-state index is 13.1. The van der Waals surface area contributed by atoms with E-state index in [4.69, 9.17) is 4.74 Å². The van der Waals surface area contributed by atoms with Crippen LogP contribution in [0.2, 0.25) is 0 Å². The van der Waals surface area contributed by atoms with Gasteiger partial charge in [-0.05, 0) is 36.2 Å². The number of benzene rings is 1. The standard InChI is InChI=1S/C18H16N2O5/c1-25-13-8-9(20(23)24)2-5-12(13)19-16(21)14-10-3-4-11(15(14)17(19)22)18(10)6-7-18/h2-5,8,10-11,14-15H,6-7H2,1H3/t10-,11+,14-,15-/m0/s1. The van der Waals surface area contributed by atoms with Crippen molar-refractivity contribution in [2.75, 3.05) is 12.0 Å². The van der Waals surface area contributed by atoms with Gasteiger partial charge >= 0.3 is 0 Å². The van der Waals surface area contributed by atoms with E-state index in [0.29, 0.717) is 5.69 Å². The Kier molecular flexibility index (Phi) is 2.62. The third kappa shape index (κ3) is 1.61. The van der Waals surface area contributed by atoms with Gasteiger partial charge in [-0.2, -0.15) is 0 Å². The maximum Gasteiger partial charge on any atom is 0.273 e. The second kappa shape index (κ2) is 4.47. The Morgan fingerprint density at radius 3 is 2.24 bits per heavy atom. The number of allylic oxidation sites excluding steroid dienone is 2. The number of nitro groups is 1. The van der Waals surface area contributed by atoms with E-state index >= 15 is 0 Å². The lowest BCUT2D eigenvalue weighted by Gasteiger charge is -2.22. The molecule has 7 nitrogen and oxygen atoms in total. The highest BCUT2D eigenvalue weighted by Crippen LogP contribution is 2.73. The molecule has 1 aromatic carbocycles. The quantitative estimate of drug-likeness (QED) is 0.364. The van der Waals surface area contributed by atoms with Gasteiger partial charge in [-0.3, -0.25) is 19.7 Å². The summed E-state index contributed by atoms with van der Waals surface area (Å²) in [6.07, 6.45) is 6.40. The van der Waals surface area contributed by atoms with E-state index in [0.717, 1.165) is 12.8 Å². The van der Waals surface area contributed by atoms with Crippen LogP contribution in [0.25, 0.3) is 0 Å². The molecule has 25 heavy (non-hydrogen) atoms. The van der Waals surface area contributed by atoms with Crippen LogP contribution in [0.5, 0.6) is 5.75 Å². The number of fused-ring (bicyclic) bond motifs is 3. The summed E-state index contributed by atoms with van der Waals surface area (Å²) in [7, 11) is 1.37. The van der Waals surface area contributed by atoms with Crippen LogP contribution in [0.4, 0.5) is 11.4 Å². The van der Waals surface area contributed by atoms with Gasteiger partial charge in [-0.1, -0.05) is 12.2 Å². The summed E-state index contributed by atoms with van der Waals surface area (Å²) in [5.41, 5.74) is 0.298. The minimum absolute atomic E-state index is 0.140. The highest BCUT2D eigenvalue weighted by molar-refractivity contribution is 6.23. The van der Waals surface area contributed by atoms with Crippen LogP contribution in [0.15, 0.2) is 30.4 Å². The molecular formula is C18H16N2O5. The Hall–Kier alpha value is -2.70. The van der Waals surface area contributed by atoms with Crippen LogP contribution in [-0.2, 0) is 9.59 Å². The molecular weight excluding hydrogens is 324 g/mol. The van der Waals surface area contributed by atoms with Crippen LogP contribution in [0.1, 0.15) is 12.8 Å². The van der Waals surface area contributed by atoms with Crippen LogP contribution < -0.4 is 9.64 Å². The Labute approximate surface area is 143 Å². The minimum atomic E-state index is -0.532. The predicted octanol–water partition coefficient (Wildman–Crippen LogP) is 2.30. The molecule has 2 saturated carbocycles. The van der Waals surface area contributed by atoms with Gasteiger partial charge in [0.05, 0.1) is 35.6 Å². The normalized spacial score (nSPS) is 33.2. The molecule has 2 amide bonds. The second-order valence-electron chi connectivity index (χ2n) is 7.35. The molecule has 1 aromatic rings. The maximum atomic E-state index is 13.1. The van der Waals surface area contributed by atoms with Crippen LogP contribution in [-0.4, -0.2) is 23.8 Å². The zero-order valence-corrected chi connectivity index (χ0v) is 13.5. The van der Waals surface area contributed by atoms with E-state index in [2.05, 4.69) is 12.2 Å². The van der Waals surface area contributed by atoms with E-state index in [1.54, 1.807) is 0 Å². The summed E-state index contributed by atoms with van der Waals surface area (Å²) in [5, 5.41) is 11.0. The van der Waals surface area contributed by atoms with Crippen molar-refractivity contribution in [1.29, 1.82) is 0 Å². The van der Waals surface area contributed by atoms with Gasteiger partial charge in [0.1, 0.15) is 5.75 Å². The number of hydrogen-bond acceptors (Lipinski definition) is 5. The number of carbonyl (C=O) groups is 2. The fourth-order valence-corrected chi connectivity index (χ4v) is 5.28. The summed E-state index contributed by atoms with van der Waals surface area (Å²) in [6.45, 7) is 0. The lowest BCUT2D eigenvalue weighted by molar-refractivity contribution is -0.384. The van der Waals surface area contributed by atoms with Crippen molar-refractivity contribution in [3.8, 4) is 5.75 Å². The van der Waals surface area contributed by atoms with E-state index < -0.39 is 4.92 Å². The van der Waals surface area contributed by atoms with Crippen molar-refractivity contribution in [2.45, 2.75) is 12.8 Å². The molecule has 1 saturated heterocycles. The lowest BCUT2D eigenvalue weighted by atomic mass is 9.85. The molecule has 7 heteroatoms. The molecule has 128 valence electrons. The van der Waals surface area contributed by atoms with E-state index in [9.17, 15) is 19.7 Å². The first-order chi connectivity index (χ1) is 12.0. The second-order valence-corrected chi connectivity index (χ2v) is 7.35. The third-order valence-electron chi connectivity index (χ3n) is 6.47. The molecule has 0 radical (unpaired) electrons. The molecule has 1 spiro atoms. The number of imide groups is 1. The van der Waals surface area contributed by atoms with Crippen molar-refractivity contribution < 1.29 is 19.2 Å². The largest absolute Gasteiger partial charge is 0.494 e. The molecule has 4 atom stereocenters. The molecule has 1 aliphatic heterocycles. The number of ether oxygens (including phenoxy) is 1. The highest BCUT2D eigenvalue weighted by Gasteiger charge is 2.73. The first-order valence-corrected chi connectivity index (χ1v) is 8.38. The first kappa shape index (κ1) is 14.6. The van der Waals surface area contributed by atoms with E-state index in [1.165, 1.54) is 30.2 Å². The Morgan fingerprint density at radius 1 is 1.16 bits per heavy atom. The van der Waals surface area contributed by atoms with Crippen LogP contribution in [0.3, 0.4) is 0 Å². The van der Waals surface area contributed by atoms with E-state index in [-0.39, 0.29) is 52.3 Å². The Bertz CT molecular complexity index is 838. The van der Waals surface area contributed by atoms with Gasteiger partial charge in [0.15, 0.2) is 0 Å². The zero-order valence-electron chi connectivity index (χ0n) is 13.5. The summed E-state index contributed by atoms with van der Waals surface area (Å²) in [6, 6.07) is 3.97. The van der Waals surface area contributed by atoms with Gasteiger partial charge in [0.2, 0.25) is 11.8 Å². The molecule has 2 bridgehead atoms. The van der Waals surface area contributed by atoms with Crippen LogP contribution >= 0.6 is 0 Å². The Morgan fingerprint density at radius 2 is 1.76 bits per heavy atom. The third-order valence-corrected chi connectivity index (χ3v) is 6.47. The summed E-state index contributed by atoms with van der Waals surface area (Å²) >= 11 is 0. The Balaban J connectivity index is 1.56. The summed E-state index contributed by atoms with van der Waals surface area (Å²) in [5.74, 6) is -0.552. The highest BCUT2D eigenvalue weighted by atomic mass is 16.6. The molecule has 5 rings (SSSR count). The average Bonchev–Trinajstić information content (AvgIpc) is 3.20. The summed E-state index contributed by atoms with van der Waals surface area (Å²) in [4.78, 5) is 37.7. The molecule has 0 unspecified atom stereocenters. The predicted molar refractivity (Wildman–Crippen MR) is 86.9 cm³/mol. The zero-order chi connectivity index (χ0) is 17.5. The molecule has 0 aromatic heterocycles. The molecule has 3 fully saturated rings. The number of methoxy groups -OCH3 is 1. The van der Waals surface area contributed by atoms with Gasteiger partial charge in [-0.15, -0.1) is 0 Å². The van der Waals surface area contributed by atoms with Gasteiger partial charge in [0.25, 0.3) is 5.69 Å².